The van der Waals surface area contributed by atoms with Gasteiger partial charge in [-0.15, -0.1) is 11.8 Å². The van der Waals surface area contributed by atoms with Gasteiger partial charge in [-0.05, 0) is 57.6 Å². The topological polar surface area (TPSA) is 29.5 Å². The van der Waals surface area contributed by atoms with Crippen molar-refractivity contribution in [3.63, 3.8) is 0 Å². The van der Waals surface area contributed by atoms with Crippen LogP contribution >= 0.6 is 11.8 Å². The van der Waals surface area contributed by atoms with Crippen LogP contribution in [0.3, 0.4) is 0 Å². The molecule has 1 aromatic rings. The molecule has 0 aromatic heterocycles. The van der Waals surface area contributed by atoms with Gasteiger partial charge in [0.1, 0.15) is 5.60 Å². The average molecular weight is 333 g/mol. The molecule has 2 saturated heterocycles. The Morgan fingerprint density at radius 1 is 1.26 bits per heavy atom. The SMILES string of the molecule is Cc1ccccc1SC1CCN(C(=O)[C@]2(C)CCCCO2)CC1. The quantitative estimate of drug-likeness (QED) is 0.836. The molecule has 0 spiro atoms. The number of likely N-dealkylation sites (tertiary alicyclic amines) is 1. The van der Waals surface area contributed by atoms with Gasteiger partial charge in [0.05, 0.1) is 0 Å². The molecule has 1 aromatic carbocycles. The van der Waals surface area contributed by atoms with E-state index in [1.54, 1.807) is 0 Å². The van der Waals surface area contributed by atoms with E-state index >= 15 is 0 Å². The van der Waals surface area contributed by atoms with Gasteiger partial charge in [0, 0.05) is 29.8 Å². The standard InChI is InChI=1S/C19H27NO2S/c1-15-7-3-4-8-17(15)23-16-9-12-20(13-10-16)18(21)19(2)11-5-6-14-22-19/h3-4,7-8,16H,5-6,9-14H2,1-2H3/t19-/m0/s1. The summed E-state index contributed by atoms with van der Waals surface area (Å²) in [6.45, 7) is 6.59. The summed E-state index contributed by atoms with van der Waals surface area (Å²) in [6.07, 6.45) is 5.19. The minimum Gasteiger partial charge on any atom is -0.365 e. The number of carbonyl (C=O) groups is 1. The first-order valence-electron chi connectivity index (χ1n) is 8.74. The van der Waals surface area contributed by atoms with Crippen molar-refractivity contribution in [1.82, 2.24) is 4.90 Å². The van der Waals surface area contributed by atoms with Crippen molar-refractivity contribution in [2.24, 2.45) is 0 Å². The van der Waals surface area contributed by atoms with E-state index in [4.69, 9.17) is 4.74 Å². The highest BCUT2D eigenvalue weighted by Crippen LogP contribution is 2.34. The van der Waals surface area contributed by atoms with Gasteiger partial charge < -0.3 is 9.64 Å². The van der Waals surface area contributed by atoms with E-state index in [9.17, 15) is 4.79 Å². The third-order valence-corrected chi connectivity index (χ3v) is 6.55. The molecule has 2 aliphatic rings. The molecule has 0 unspecified atom stereocenters. The predicted molar refractivity (Wildman–Crippen MR) is 94.8 cm³/mol. The van der Waals surface area contributed by atoms with Gasteiger partial charge in [-0.2, -0.15) is 0 Å². The highest BCUT2D eigenvalue weighted by atomic mass is 32.2. The molecule has 4 heteroatoms. The van der Waals surface area contributed by atoms with Crippen molar-refractivity contribution in [2.45, 2.75) is 61.7 Å². The molecule has 1 atom stereocenters. The van der Waals surface area contributed by atoms with Crippen LogP contribution in [-0.2, 0) is 9.53 Å². The molecule has 2 fully saturated rings. The van der Waals surface area contributed by atoms with E-state index in [-0.39, 0.29) is 5.91 Å². The molecule has 0 N–H and O–H groups in total. The van der Waals surface area contributed by atoms with Gasteiger partial charge in [0.15, 0.2) is 0 Å². The number of nitrogens with zero attached hydrogens (tertiary/aromatic N) is 1. The second-order valence-corrected chi connectivity index (χ2v) is 8.25. The maximum atomic E-state index is 12.8. The first kappa shape index (κ1) is 16.8. The van der Waals surface area contributed by atoms with Crippen LogP contribution in [0, 0.1) is 6.92 Å². The van der Waals surface area contributed by atoms with E-state index in [2.05, 4.69) is 31.2 Å². The molecule has 23 heavy (non-hydrogen) atoms. The third kappa shape index (κ3) is 3.92. The maximum Gasteiger partial charge on any atom is 0.254 e. The number of piperidine rings is 1. The molecule has 126 valence electrons. The number of ether oxygens (including phenoxy) is 1. The van der Waals surface area contributed by atoms with E-state index in [1.807, 2.05) is 23.6 Å². The zero-order chi connectivity index (χ0) is 16.3. The fourth-order valence-electron chi connectivity index (χ4n) is 3.48. The van der Waals surface area contributed by atoms with Gasteiger partial charge in [0.2, 0.25) is 0 Å². The monoisotopic (exact) mass is 333 g/mol. The fraction of sp³-hybridized carbons (Fsp3) is 0.632. The zero-order valence-corrected chi connectivity index (χ0v) is 15.0. The molecule has 0 aliphatic carbocycles. The van der Waals surface area contributed by atoms with Gasteiger partial charge in [-0.1, -0.05) is 18.2 Å². The first-order valence-corrected chi connectivity index (χ1v) is 9.62. The molecule has 3 rings (SSSR count). The number of amides is 1. The molecular formula is C19H27NO2S. The van der Waals surface area contributed by atoms with Crippen LogP contribution < -0.4 is 0 Å². The number of hydrogen-bond acceptors (Lipinski definition) is 3. The van der Waals surface area contributed by atoms with Crippen molar-refractivity contribution < 1.29 is 9.53 Å². The molecule has 2 aliphatic heterocycles. The summed E-state index contributed by atoms with van der Waals surface area (Å²) in [5.41, 5.74) is 0.771. The molecule has 0 saturated carbocycles. The van der Waals surface area contributed by atoms with Gasteiger partial charge in [-0.25, -0.2) is 0 Å². The highest BCUT2D eigenvalue weighted by Gasteiger charge is 2.40. The molecular weight excluding hydrogens is 306 g/mol. The van der Waals surface area contributed by atoms with Crippen molar-refractivity contribution >= 4 is 17.7 Å². The Bertz CT molecular complexity index is 546. The minimum atomic E-state index is -0.575. The average Bonchev–Trinajstić information content (AvgIpc) is 2.58. The first-order chi connectivity index (χ1) is 11.1. The maximum absolute atomic E-state index is 12.8. The molecule has 2 heterocycles. The number of rotatable bonds is 3. The number of thioether (sulfide) groups is 1. The summed E-state index contributed by atoms with van der Waals surface area (Å²) in [5, 5.41) is 0.611. The van der Waals surface area contributed by atoms with Crippen LogP contribution in [0.15, 0.2) is 29.2 Å². The number of carbonyl (C=O) groups excluding carboxylic acids is 1. The van der Waals surface area contributed by atoms with Gasteiger partial charge in [-0.3, -0.25) is 4.79 Å². The molecule has 1 amide bonds. The molecule has 0 radical (unpaired) electrons. The Kier molecular flexibility index (Phi) is 5.32. The lowest BCUT2D eigenvalue weighted by Gasteiger charge is -2.40. The van der Waals surface area contributed by atoms with Crippen LogP contribution in [0.1, 0.15) is 44.6 Å². The summed E-state index contributed by atoms with van der Waals surface area (Å²) in [5.74, 6) is 0.205. The lowest BCUT2D eigenvalue weighted by atomic mass is 9.93. The number of aryl methyl sites for hydroxylation is 1. The highest BCUT2D eigenvalue weighted by molar-refractivity contribution is 8.00. The van der Waals surface area contributed by atoms with Crippen LogP contribution in [0.2, 0.25) is 0 Å². The van der Waals surface area contributed by atoms with Crippen LogP contribution in [-0.4, -0.2) is 41.4 Å². The largest absolute Gasteiger partial charge is 0.365 e. The van der Waals surface area contributed by atoms with Crippen LogP contribution in [0.5, 0.6) is 0 Å². The second kappa shape index (κ2) is 7.27. The van der Waals surface area contributed by atoms with Crippen molar-refractivity contribution in [3.05, 3.63) is 29.8 Å². The summed E-state index contributed by atoms with van der Waals surface area (Å²) in [7, 11) is 0. The summed E-state index contributed by atoms with van der Waals surface area (Å²) in [6, 6.07) is 8.57. The Morgan fingerprint density at radius 3 is 2.65 bits per heavy atom. The normalized spacial score (nSPS) is 26.3. The van der Waals surface area contributed by atoms with Crippen LogP contribution in [0.4, 0.5) is 0 Å². The fourth-order valence-corrected chi connectivity index (χ4v) is 4.70. The molecule has 3 nitrogen and oxygen atoms in total. The van der Waals surface area contributed by atoms with Crippen molar-refractivity contribution in [1.29, 1.82) is 0 Å². The summed E-state index contributed by atoms with van der Waals surface area (Å²) < 4.78 is 5.82. The third-order valence-electron chi connectivity index (χ3n) is 5.04. The summed E-state index contributed by atoms with van der Waals surface area (Å²) >= 11 is 1.97. The number of hydrogen-bond donors (Lipinski definition) is 0. The lowest BCUT2D eigenvalue weighted by molar-refractivity contribution is -0.162. The number of benzene rings is 1. The molecule has 0 bridgehead atoms. The zero-order valence-electron chi connectivity index (χ0n) is 14.2. The lowest BCUT2D eigenvalue weighted by Crippen LogP contribution is -2.52. The Morgan fingerprint density at radius 2 is 2.00 bits per heavy atom. The van der Waals surface area contributed by atoms with Crippen molar-refractivity contribution in [2.75, 3.05) is 19.7 Å². The Labute approximate surface area is 143 Å². The Hall–Kier alpha value is -1.00. The predicted octanol–water partition coefficient (Wildman–Crippen LogP) is 4.04. The van der Waals surface area contributed by atoms with E-state index < -0.39 is 5.60 Å². The Balaban J connectivity index is 1.54. The van der Waals surface area contributed by atoms with Gasteiger partial charge in [0.25, 0.3) is 5.91 Å². The van der Waals surface area contributed by atoms with E-state index in [0.29, 0.717) is 5.25 Å². The van der Waals surface area contributed by atoms with E-state index in [0.717, 1.165) is 51.8 Å². The van der Waals surface area contributed by atoms with E-state index in [1.165, 1.54) is 10.5 Å². The van der Waals surface area contributed by atoms with Gasteiger partial charge >= 0.3 is 0 Å². The van der Waals surface area contributed by atoms with Crippen molar-refractivity contribution in [3.8, 4) is 0 Å². The smallest absolute Gasteiger partial charge is 0.254 e. The van der Waals surface area contributed by atoms with Crippen LogP contribution in [0.25, 0.3) is 0 Å². The summed E-state index contributed by atoms with van der Waals surface area (Å²) in [4.78, 5) is 16.2. The second-order valence-electron chi connectivity index (χ2n) is 6.91. The minimum absolute atomic E-state index is 0.205.